The smallest absolute Gasteiger partial charge is 0.0547 e. The third-order valence-electron chi connectivity index (χ3n) is 12.5. The fraction of sp³-hybridized carbons (Fsp3) is 0.111. The summed E-state index contributed by atoms with van der Waals surface area (Å²) in [7, 11) is 0. The molecule has 0 spiro atoms. The highest BCUT2D eigenvalue weighted by atomic mass is 15.1. The van der Waals surface area contributed by atoms with Gasteiger partial charge in [0.1, 0.15) is 0 Å². The lowest BCUT2D eigenvalue weighted by Crippen LogP contribution is -2.27. The van der Waals surface area contributed by atoms with Crippen molar-refractivity contribution in [2.45, 2.75) is 20.3 Å². The van der Waals surface area contributed by atoms with Gasteiger partial charge in [0.05, 0.1) is 11.0 Å². The van der Waals surface area contributed by atoms with Crippen molar-refractivity contribution >= 4 is 60.8 Å². The molecule has 0 fully saturated rings. The Morgan fingerprint density at radius 2 is 1.30 bits per heavy atom. The van der Waals surface area contributed by atoms with Crippen molar-refractivity contribution in [3.05, 3.63) is 205 Å². The van der Waals surface area contributed by atoms with Crippen LogP contribution in [0.2, 0.25) is 0 Å². The molecule has 3 aliphatic carbocycles. The highest BCUT2D eigenvalue weighted by Gasteiger charge is 2.32. The number of hydrogen-bond donors (Lipinski definition) is 0. The van der Waals surface area contributed by atoms with E-state index in [-0.39, 0.29) is 11.3 Å². The number of hydrogen-bond acceptors (Lipinski definition) is 1. The second-order valence-electron chi connectivity index (χ2n) is 16.1. The fourth-order valence-corrected chi connectivity index (χ4v) is 9.46. The first-order chi connectivity index (χ1) is 27.5. The molecule has 3 aliphatic rings. The van der Waals surface area contributed by atoms with E-state index in [9.17, 15) is 0 Å². The lowest BCUT2D eigenvalue weighted by molar-refractivity contribution is 0.449. The van der Waals surface area contributed by atoms with Gasteiger partial charge in [-0.05, 0) is 117 Å². The number of nitrogens with zero attached hydrogens (tertiary/aromatic N) is 2. The van der Waals surface area contributed by atoms with E-state index >= 15 is 0 Å². The molecule has 0 radical (unpaired) electrons. The molecule has 0 bridgehead atoms. The molecular formula is C54H42N2. The largest absolute Gasteiger partial charge is 0.311 e. The maximum Gasteiger partial charge on any atom is 0.0547 e. The predicted octanol–water partition coefficient (Wildman–Crippen LogP) is 14.3. The molecule has 268 valence electrons. The van der Waals surface area contributed by atoms with Gasteiger partial charge in [0.15, 0.2) is 0 Å². The van der Waals surface area contributed by atoms with E-state index in [2.05, 4.69) is 218 Å². The van der Waals surface area contributed by atoms with Crippen LogP contribution in [-0.2, 0) is 6.42 Å². The van der Waals surface area contributed by atoms with Crippen LogP contribution in [0.15, 0.2) is 194 Å². The summed E-state index contributed by atoms with van der Waals surface area (Å²) in [6.07, 6.45) is 21.8. The fourth-order valence-electron chi connectivity index (χ4n) is 9.46. The molecule has 11 rings (SSSR count). The van der Waals surface area contributed by atoms with Gasteiger partial charge in [0.2, 0.25) is 0 Å². The molecule has 2 nitrogen and oxygen atoms in total. The van der Waals surface area contributed by atoms with Crippen molar-refractivity contribution in [1.29, 1.82) is 0 Å². The van der Waals surface area contributed by atoms with Gasteiger partial charge in [-0.15, -0.1) is 0 Å². The lowest BCUT2D eigenvalue weighted by Gasteiger charge is -2.37. The summed E-state index contributed by atoms with van der Waals surface area (Å²) in [5.41, 5.74) is 12.3. The van der Waals surface area contributed by atoms with E-state index in [0.717, 1.165) is 23.5 Å². The highest BCUT2D eigenvalue weighted by Crippen LogP contribution is 2.45. The van der Waals surface area contributed by atoms with Gasteiger partial charge >= 0.3 is 0 Å². The Morgan fingerprint density at radius 3 is 2.14 bits per heavy atom. The van der Waals surface area contributed by atoms with Crippen LogP contribution in [0.3, 0.4) is 0 Å². The van der Waals surface area contributed by atoms with Crippen LogP contribution in [0.25, 0.3) is 66.2 Å². The normalized spacial score (nSPS) is 19.8. The van der Waals surface area contributed by atoms with Gasteiger partial charge in [-0.25, -0.2) is 0 Å². The molecule has 0 amide bonds. The molecule has 56 heavy (non-hydrogen) atoms. The minimum Gasteiger partial charge on any atom is -0.311 e. The van der Waals surface area contributed by atoms with Crippen molar-refractivity contribution < 1.29 is 0 Å². The summed E-state index contributed by atoms with van der Waals surface area (Å²) in [4.78, 5) is 2.42. The Morgan fingerprint density at radius 1 is 0.607 bits per heavy atom. The topological polar surface area (TPSA) is 8.17 Å². The van der Waals surface area contributed by atoms with Crippen LogP contribution in [-0.4, -0.2) is 4.57 Å². The molecule has 0 aliphatic heterocycles. The molecular weight excluding hydrogens is 677 g/mol. The van der Waals surface area contributed by atoms with Crippen LogP contribution in [0, 0.1) is 17.3 Å². The third-order valence-corrected chi connectivity index (χ3v) is 12.5. The number of aromatic nitrogens is 1. The summed E-state index contributed by atoms with van der Waals surface area (Å²) in [6.45, 7) is 4.65. The minimum atomic E-state index is -0.0266. The van der Waals surface area contributed by atoms with Gasteiger partial charge in [0, 0.05) is 44.9 Å². The SMILES string of the molecule is CC1C=Cc2ccc3c(c2C1)c1c2ccccc2ccc1n3-c1ccc(N(C2=CC3C=CC=CC3(C)C=C2)c2ccc(-c3ccc4ccccc4c3)cc2)cc1. The zero-order valence-electron chi connectivity index (χ0n) is 31.7. The Kier molecular flexibility index (Phi) is 7.44. The number of rotatable bonds is 5. The lowest BCUT2D eigenvalue weighted by atomic mass is 9.71. The number of anilines is 2. The van der Waals surface area contributed by atoms with Crippen molar-refractivity contribution in [3.8, 4) is 16.8 Å². The summed E-state index contributed by atoms with van der Waals surface area (Å²) in [6, 6.07) is 51.7. The van der Waals surface area contributed by atoms with Crippen LogP contribution >= 0.6 is 0 Å². The zero-order chi connectivity index (χ0) is 37.4. The summed E-state index contributed by atoms with van der Waals surface area (Å²) in [5.74, 6) is 0.788. The molecule has 0 N–H and O–H groups in total. The van der Waals surface area contributed by atoms with Crippen LogP contribution in [0.4, 0.5) is 11.4 Å². The number of fused-ring (bicyclic) bond motifs is 9. The summed E-state index contributed by atoms with van der Waals surface area (Å²) in [5, 5.41) is 7.85. The molecule has 8 aromatic rings. The maximum atomic E-state index is 2.48. The van der Waals surface area contributed by atoms with Crippen LogP contribution < -0.4 is 4.90 Å². The van der Waals surface area contributed by atoms with Gasteiger partial charge < -0.3 is 9.47 Å². The van der Waals surface area contributed by atoms with E-state index < -0.39 is 0 Å². The van der Waals surface area contributed by atoms with Crippen molar-refractivity contribution in [2.24, 2.45) is 17.3 Å². The highest BCUT2D eigenvalue weighted by molar-refractivity contribution is 6.22. The van der Waals surface area contributed by atoms with Crippen molar-refractivity contribution in [1.82, 2.24) is 4.57 Å². The maximum absolute atomic E-state index is 2.48. The predicted molar refractivity (Wildman–Crippen MR) is 239 cm³/mol. The van der Waals surface area contributed by atoms with Gasteiger partial charge in [0.25, 0.3) is 0 Å². The first kappa shape index (κ1) is 32.8. The molecule has 1 aromatic heterocycles. The van der Waals surface area contributed by atoms with E-state index in [1.807, 2.05) is 0 Å². The van der Waals surface area contributed by atoms with E-state index in [1.54, 1.807) is 0 Å². The van der Waals surface area contributed by atoms with E-state index in [0.29, 0.717) is 5.92 Å². The molecule has 0 saturated carbocycles. The first-order valence-electron chi connectivity index (χ1n) is 19.9. The van der Waals surface area contributed by atoms with E-state index in [1.165, 1.54) is 71.3 Å². The zero-order valence-corrected chi connectivity index (χ0v) is 31.7. The molecule has 1 heterocycles. The Balaban J connectivity index is 1.04. The molecule has 7 aromatic carbocycles. The van der Waals surface area contributed by atoms with Gasteiger partial charge in [-0.3, -0.25) is 0 Å². The molecule has 3 unspecified atom stereocenters. The second kappa shape index (κ2) is 12.7. The van der Waals surface area contributed by atoms with Crippen LogP contribution in [0.5, 0.6) is 0 Å². The van der Waals surface area contributed by atoms with Gasteiger partial charge in [-0.2, -0.15) is 0 Å². The molecule has 2 heteroatoms. The first-order valence-corrected chi connectivity index (χ1v) is 19.9. The van der Waals surface area contributed by atoms with Crippen molar-refractivity contribution in [2.75, 3.05) is 4.90 Å². The summed E-state index contributed by atoms with van der Waals surface area (Å²) >= 11 is 0. The van der Waals surface area contributed by atoms with E-state index in [4.69, 9.17) is 0 Å². The second-order valence-corrected chi connectivity index (χ2v) is 16.1. The molecule has 0 saturated heterocycles. The minimum absolute atomic E-state index is 0.0266. The quantitative estimate of drug-likeness (QED) is 0.172. The Bertz CT molecular complexity index is 3020. The molecule has 3 atom stereocenters. The number of allylic oxidation sites excluding steroid dienone is 8. The monoisotopic (exact) mass is 718 g/mol. The standard InChI is InChI=1S/C54H42N2/c1-36-14-15-40-21-29-51-53(49(40)33-36)52-48-13-6-5-10-39(48)20-28-50(52)56(51)46-26-24-45(25-27-46)55(47-30-32-54(2)31-8-7-12-43(54)35-47)44-22-18-38(19-23-44)42-17-16-37-9-3-4-11-41(37)34-42/h3-32,34-36,43H,33H2,1-2H3. The average molecular weight is 719 g/mol. The Labute approximate surface area is 328 Å². The third kappa shape index (κ3) is 5.24. The van der Waals surface area contributed by atoms with Crippen molar-refractivity contribution in [3.63, 3.8) is 0 Å². The average Bonchev–Trinajstić information content (AvgIpc) is 3.59. The van der Waals surface area contributed by atoms with Crippen LogP contribution in [0.1, 0.15) is 25.0 Å². The Hall–Kier alpha value is -6.64. The summed E-state index contributed by atoms with van der Waals surface area (Å²) < 4.78 is 2.48. The number of benzene rings is 7. The van der Waals surface area contributed by atoms with Gasteiger partial charge in [-0.1, -0.05) is 147 Å².